The Morgan fingerprint density at radius 2 is 2.08 bits per heavy atom. The Labute approximate surface area is 144 Å². The lowest BCUT2D eigenvalue weighted by molar-refractivity contribution is 0.560. The van der Waals surface area contributed by atoms with Gasteiger partial charge in [0.25, 0.3) is 0 Å². The molecular formula is C17H18N4O2S. The number of benzene rings is 1. The third-order valence-corrected chi connectivity index (χ3v) is 4.05. The molecule has 0 saturated carbocycles. The molecule has 0 amide bonds. The van der Waals surface area contributed by atoms with Crippen LogP contribution in [-0.4, -0.2) is 14.9 Å². The van der Waals surface area contributed by atoms with E-state index in [4.69, 9.17) is 16.6 Å². The van der Waals surface area contributed by atoms with Gasteiger partial charge in [-0.1, -0.05) is 0 Å². The molecule has 0 aliphatic carbocycles. The highest BCUT2D eigenvalue weighted by Crippen LogP contribution is 2.20. The van der Waals surface area contributed by atoms with Crippen molar-refractivity contribution in [1.29, 1.82) is 0 Å². The van der Waals surface area contributed by atoms with Gasteiger partial charge in [0.05, 0.1) is 12.2 Å². The highest BCUT2D eigenvalue weighted by molar-refractivity contribution is 7.80. The fraction of sp³-hybridized carbons (Fsp3) is 0.235. The number of aryl methyl sites for hydroxylation is 3. The molecule has 0 bridgehead atoms. The average molecular weight is 342 g/mol. The molecule has 0 aliphatic heterocycles. The van der Waals surface area contributed by atoms with Crippen LogP contribution in [0.5, 0.6) is 0 Å². The van der Waals surface area contributed by atoms with Gasteiger partial charge in [-0.3, -0.25) is 4.68 Å². The molecule has 3 rings (SSSR count). The van der Waals surface area contributed by atoms with E-state index in [0.717, 1.165) is 28.0 Å². The second-order valence-electron chi connectivity index (χ2n) is 5.67. The first-order valence-corrected chi connectivity index (χ1v) is 7.92. The van der Waals surface area contributed by atoms with Crippen LogP contribution in [-0.2, 0) is 13.6 Å². The van der Waals surface area contributed by atoms with E-state index in [9.17, 15) is 4.79 Å². The van der Waals surface area contributed by atoms with Gasteiger partial charge in [-0.25, -0.2) is 4.79 Å². The molecule has 0 aliphatic rings. The first kappa shape index (κ1) is 16.2. The molecule has 0 radical (unpaired) electrons. The van der Waals surface area contributed by atoms with Gasteiger partial charge in [-0.05, 0) is 49.8 Å². The van der Waals surface area contributed by atoms with Gasteiger partial charge in [0.2, 0.25) is 0 Å². The van der Waals surface area contributed by atoms with Crippen LogP contribution in [0.4, 0.5) is 5.69 Å². The molecule has 0 spiro atoms. The molecule has 124 valence electrons. The predicted octanol–water partition coefficient (Wildman–Crippen LogP) is 2.63. The Bertz CT molecular complexity index is 955. The molecular weight excluding hydrogens is 324 g/mol. The zero-order valence-corrected chi connectivity index (χ0v) is 14.5. The summed E-state index contributed by atoms with van der Waals surface area (Å²) in [5.41, 5.74) is 3.83. The summed E-state index contributed by atoms with van der Waals surface area (Å²) in [4.78, 5) is 11.5. The Hall–Kier alpha value is -2.67. The molecule has 2 aromatic heterocycles. The lowest BCUT2D eigenvalue weighted by atomic mass is 10.1. The average Bonchev–Trinajstić information content (AvgIpc) is 2.83. The second kappa shape index (κ2) is 6.45. The van der Waals surface area contributed by atoms with Crippen molar-refractivity contribution >= 4 is 34.0 Å². The fourth-order valence-corrected chi connectivity index (χ4v) is 2.66. The molecule has 3 aromatic rings. The monoisotopic (exact) mass is 342 g/mol. The van der Waals surface area contributed by atoms with Crippen LogP contribution in [0.1, 0.15) is 17.0 Å². The Balaban J connectivity index is 1.70. The van der Waals surface area contributed by atoms with Crippen molar-refractivity contribution in [2.24, 2.45) is 7.05 Å². The SMILES string of the molecule is Cc1cc(=O)oc2cc(NC(=S)NCc3cc(C)n(C)n3)ccc12. The topological polar surface area (TPSA) is 72.1 Å². The van der Waals surface area contributed by atoms with Crippen LogP contribution < -0.4 is 16.3 Å². The number of rotatable bonds is 3. The summed E-state index contributed by atoms with van der Waals surface area (Å²) in [5.74, 6) is 0. The third kappa shape index (κ3) is 3.46. The van der Waals surface area contributed by atoms with Crippen LogP contribution in [0.25, 0.3) is 11.0 Å². The summed E-state index contributed by atoms with van der Waals surface area (Å²) in [6.07, 6.45) is 0. The molecule has 2 N–H and O–H groups in total. The van der Waals surface area contributed by atoms with E-state index in [0.29, 0.717) is 17.2 Å². The molecule has 2 heterocycles. The molecule has 0 unspecified atom stereocenters. The Kier molecular flexibility index (Phi) is 4.35. The van der Waals surface area contributed by atoms with Crippen LogP contribution in [0.15, 0.2) is 39.5 Å². The van der Waals surface area contributed by atoms with Crippen LogP contribution >= 0.6 is 12.2 Å². The number of nitrogens with zero attached hydrogens (tertiary/aromatic N) is 2. The van der Waals surface area contributed by atoms with E-state index < -0.39 is 0 Å². The number of anilines is 1. The number of fused-ring (bicyclic) bond motifs is 1. The molecule has 0 fully saturated rings. The number of hydrogen-bond acceptors (Lipinski definition) is 4. The summed E-state index contributed by atoms with van der Waals surface area (Å²) in [5, 5.41) is 12.0. The van der Waals surface area contributed by atoms with Gasteiger partial charge in [0.15, 0.2) is 5.11 Å². The maximum atomic E-state index is 11.5. The highest BCUT2D eigenvalue weighted by atomic mass is 32.1. The van der Waals surface area contributed by atoms with Gasteiger partial charge in [-0.2, -0.15) is 5.10 Å². The van der Waals surface area contributed by atoms with E-state index in [1.54, 1.807) is 6.07 Å². The van der Waals surface area contributed by atoms with Gasteiger partial charge in [0.1, 0.15) is 5.58 Å². The number of thiocarbonyl (C=S) groups is 1. The summed E-state index contributed by atoms with van der Waals surface area (Å²) < 4.78 is 7.06. The summed E-state index contributed by atoms with van der Waals surface area (Å²) >= 11 is 5.30. The summed E-state index contributed by atoms with van der Waals surface area (Å²) in [6.45, 7) is 4.42. The molecule has 0 saturated heterocycles. The minimum atomic E-state index is -0.358. The van der Waals surface area contributed by atoms with Crippen molar-refractivity contribution < 1.29 is 4.42 Å². The standard InChI is InChI=1S/C17H18N4O2S/c1-10-6-16(22)23-15-8-12(4-5-14(10)15)19-17(24)18-9-13-7-11(2)21(3)20-13/h4-8H,9H2,1-3H3,(H2,18,19,24). The molecule has 1 aromatic carbocycles. The number of nitrogens with one attached hydrogen (secondary N) is 2. The highest BCUT2D eigenvalue weighted by Gasteiger charge is 2.06. The fourth-order valence-electron chi connectivity index (χ4n) is 2.47. The van der Waals surface area contributed by atoms with Gasteiger partial charge < -0.3 is 15.1 Å². The predicted molar refractivity (Wildman–Crippen MR) is 98.2 cm³/mol. The summed E-state index contributed by atoms with van der Waals surface area (Å²) in [7, 11) is 1.90. The van der Waals surface area contributed by atoms with E-state index in [1.807, 2.05) is 43.8 Å². The van der Waals surface area contributed by atoms with Crippen molar-refractivity contribution in [3.8, 4) is 0 Å². The van der Waals surface area contributed by atoms with Crippen molar-refractivity contribution in [2.75, 3.05) is 5.32 Å². The second-order valence-corrected chi connectivity index (χ2v) is 6.08. The smallest absolute Gasteiger partial charge is 0.336 e. The lowest BCUT2D eigenvalue weighted by Crippen LogP contribution is -2.28. The van der Waals surface area contributed by atoms with Crippen LogP contribution in [0, 0.1) is 13.8 Å². The van der Waals surface area contributed by atoms with Crippen LogP contribution in [0.3, 0.4) is 0 Å². The first-order chi connectivity index (χ1) is 11.4. The Morgan fingerprint density at radius 3 is 2.79 bits per heavy atom. The largest absolute Gasteiger partial charge is 0.423 e. The summed E-state index contributed by atoms with van der Waals surface area (Å²) in [6, 6.07) is 9.05. The van der Waals surface area contributed by atoms with Crippen molar-refractivity contribution in [3.05, 3.63) is 57.7 Å². The quantitative estimate of drug-likeness (QED) is 0.563. The first-order valence-electron chi connectivity index (χ1n) is 7.51. The minimum absolute atomic E-state index is 0.358. The van der Waals surface area contributed by atoms with E-state index in [1.165, 1.54) is 6.07 Å². The van der Waals surface area contributed by atoms with Gasteiger partial charge in [-0.15, -0.1) is 0 Å². The third-order valence-electron chi connectivity index (χ3n) is 3.80. The Morgan fingerprint density at radius 1 is 1.29 bits per heavy atom. The van der Waals surface area contributed by atoms with Gasteiger partial charge >= 0.3 is 5.63 Å². The zero-order valence-electron chi connectivity index (χ0n) is 13.7. The van der Waals surface area contributed by atoms with Crippen molar-refractivity contribution in [1.82, 2.24) is 15.1 Å². The van der Waals surface area contributed by atoms with E-state index in [-0.39, 0.29) is 5.63 Å². The molecule has 6 nitrogen and oxygen atoms in total. The lowest BCUT2D eigenvalue weighted by Gasteiger charge is -2.10. The zero-order chi connectivity index (χ0) is 17.3. The maximum Gasteiger partial charge on any atom is 0.336 e. The molecule has 7 heteroatoms. The number of hydrogen-bond donors (Lipinski definition) is 2. The maximum absolute atomic E-state index is 11.5. The van der Waals surface area contributed by atoms with Crippen LogP contribution in [0.2, 0.25) is 0 Å². The normalized spacial score (nSPS) is 10.8. The van der Waals surface area contributed by atoms with E-state index >= 15 is 0 Å². The molecule has 24 heavy (non-hydrogen) atoms. The van der Waals surface area contributed by atoms with E-state index in [2.05, 4.69) is 15.7 Å². The molecule has 0 atom stereocenters. The van der Waals surface area contributed by atoms with Gasteiger partial charge in [0, 0.05) is 35.9 Å². The van der Waals surface area contributed by atoms with Crippen molar-refractivity contribution in [3.63, 3.8) is 0 Å². The number of aromatic nitrogens is 2. The minimum Gasteiger partial charge on any atom is -0.423 e. The van der Waals surface area contributed by atoms with Crippen molar-refractivity contribution in [2.45, 2.75) is 20.4 Å².